The summed E-state index contributed by atoms with van der Waals surface area (Å²) in [5.74, 6) is -3.99. The summed E-state index contributed by atoms with van der Waals surface area (Å²) in [6, 6.07) is 1.38. The number of benzene rings is 1. The van der Waals surface area contributed by atoms with Gasteiger partial charge in [0.2, 0.25) is 0 Å². The summed E-state index contributed by atoms with van der Waals surface area (Å²) in [5.41, 5.74) is -0.725. The molecule has 3 N–H and O–H groups in total. The van der Waals surface area contributed by atoms with Crippen LogP contribution in [-0.2, 0) is 9.59 Å². The molecule has 0 bridgehead atoms. The highest BCUT2D eigenvalue weighted by atomic mass is 35.5. The van der Waals surface area contributed by atoms with Crippen LogP contribution in [0.5, 0.6) is 0 Å². The first-order valence-corrected chi connectivity index (χ1v) is 5.79. The van der Waals surface area contributed by atoms with Crippen molar-refractivity contribution in [3.8, 4) is 0 Å². The van der Waals surface area contributed by atoms with E-state index in [2.05, 4.69) is 0 Å². The number of halogens is 1. The van der Waals surface area contributed by atoms with Gasteiger partial charge in [-0.3, -0.25) is 19.7 Å². The topological polar surface area (TPSA) is 147 Å². The summed E-state index contributed by atoms with van der Waals surface area (Å²) >= 11 is 5.72. The van der Waals surface area contributed by atoms with E-state index < -0.39 is 40.9 Å². The van der Waals surface area contributed by atoms with E-state index in [4.69, 9.17) is 21.8 Å². The first-order chi connectivity index (χ1) is 9.72. The van der Waals surface area contributed by atoms with Gasteiger partial charge in [-0.1, -0.05) is 11.6 Å². The standard InChI is InChI=1S/C11H9ClN2O7/c12-7-2-1-5(14(20)21)3-6(7)10(17)13-8(11(18)19)4-9(15)16/h1-3,8H,4H2,(H,13,17)(H,15,16)(H,18,19). The molecule has 0 aliphatic carbocycles. The third kappa shape index (κ3) is 4.42. The number of amides is 1. The lowest BCUT2D eigenvalue weighted by molar-refractivity contribution is -0.384. The van der Waals surface area contributed by atoms with E-state index in [1.807, 2.05) is 5.32 Å². The van der Waals surface area contributed by atoms with E-state index in [0.29, 0.717) is 0 Å². The zero-order valence-corrected chi connectivity index (χ0v) is 11.0. The molecule has 1 rings (SSSR count). The largest absolute Gasteiger partial charge is 0.481 e. The SMILES string of the molecule is O=C(O)CC(NC(=O)c1cc([N+](=O)[O-])ccc1Cl)C(=O)O. The number of rotatable bonds is 6. The Hall–Kier alpha value is -2.68. The molecule has 112 valence electrons. The second-order valence-electron chi connectivity index (χ2n) is 3.88. The van der Waals surface area contributed by atoms with Crippen LogP contribution >= 0.6 is 11.6 Å². The van der Waals surface area contributed by atoms with E-state index in [1.165, 1.54) is 0 Å². The summed E-state index contributed by atoms with van der Waals surface area (Å²) in [6.07, 6.45) is -0.840. The molecule has 0 aliphatic heterocycles. The van der Waals surface area contributed by atoms with Gasteiger partial charge in [0.25, 0.3) is 11.6 Å². The van der Waals surface area contributed by atoms with Crippen LogP contribution < -0.4 is 5.32 Å². The summed E-state index contributed by atoms with van der Waals surface area (Å²) in [4.78, 5) is 43.1. The molecule has 0 aliphatic rings. The summed E-state index contributed by atoms with van der Waals surface area (Å²) < 4.78 is 0. The highest BCUT2D eigenvalue weighted by Crippen LogP contribution is 2.22. The molecule has 0 radical (unpaired) electrons. The van der Waals surface area contributed by atoms with Crippen molar-refractivity contribution in [2.45, 2.75) is 12.5 Å². The Morgan fingerprint density at radius 2 is 1.95 bits per heavy atom. The monoisotopic (exact) mass is 316 g/mol. The average Bonchev–Trinajstić information content (AvgIpc) is 2.37. The summed E-state index contributed by atoms with van der Waals surface area (Å²) in [5, 5.41) is 29.8. The van der Waals surface area contributed by atoms with Gasteiger partial charge in [-0.05, 0) is 6.07 Å². The van der Waals surface area contributed by atoms with Crippen molar-refractivity contribution in [1.29, 1.82) is 0 Å². The fraction of sp³-hybridized carbons (Fsp3) is 0.182. The van der Waals surface area contributed by atoms with Gasteiger partial charge in [-0.2, -0.15) is 0 Å². The number of nitrogens with one attached hydrogen (secondary N) is 1. The Morgan fingerprint density at radius 3 is 2.43 bits per heavy atom. The maximum Gasteiger partial charge on any atom is 0.326 e. The maximum absolute atomic E-state index is 11.9. The van der Waals surface area contributed by atoms with Crippen molar-refractivity contribution in [2.24, 2.45) is 0 Å². The van der Waals surface area contributed by atoms with Crippen LogP contribution in [0.3, 0.4) is 0 Å². The number of carbonyl (C=O) groups is 3. The minimum Gasteiger partial charge on any atom is -0.481 e. The smallest absolute Gasteiger partial charge is 0.326 e. The number of aliphatic carboxylic acids is 2. The fourth-order valence-corrected chi connectivity index (χ4v) is 1.61. The van der Waals surface area contributed by atoms with Crippen LogP contribution in [0.2, 0.25) is 5.02 Å². The van der Waals surface area contributed by atoms with Gasteiger partial charge in [-0.15, -0.1) is 0 Å². The lowest BCUT2D eigenvalue weighted by Crippen LogP contribution is -2.42. The molecule has 9 nitrogen and oxygen atoms in total. The molecule has 0 heterocycles. The fourth-order valence-electron chi connectivity index (χ4n) is 1.41. The molecule has 21 heavy (non-hydrogen) atoms. The van der Waals surface area contributed by atoms with Crippen LogP contribution in [0.1, 0.15) is 16.8 Å². The van der Waals surface area contributed by atoms with Gasteiger partial charge >= 0.3 is 11.9 Å². The lowest BCUT2D eigenvalue weighted by atomic mass is 10.1. The van der Waals surface area contributed by atoms with Crippen LogP contribution in [0, 0.1) is 10.1 Å². The minimum atomic E-state index is -1.68. The predicted octanol–water partition coefficient (Wildman–Crippen LogP) is 0.906. The maximum atomic E-state index is 11.9. The quantitative estimate of drug-likeness (QED) is 0.521. The van der Waals surface area contributed by atoms with Crippen LogP contribution in [0.15, 0.2) is 18.2 Å². The van der Waals surface area contributed by atoms with Crippen molar-refractivity contribution in [3.63, 3.8) is 0 Å². The highest BCUT2D eigenvalue weighted by molar-refractivity contribution is 6.34. The number of hydrogen-bond acceptors (Lipinski definition) is 5. The zero-order chi connectivity index (χ0) is 16.2. The van der Waals surface area contributed by atoms with Crippen LogP contribution in [0.25, 0.3) is 0 Å². The second kappa shape index (κ2) is 6.66. The molecule has 0 fully saturated rings. The molecule has 1 aromatic carbocycles. The van der Waals surface area contributed by atoms with Crippen molar-refractivity contribution in [3.05, 3.63) is 38.9 Å². The van der Waals surface area contributed by atoms with Gasteiger partial charge in [0, 0.05) is 12.1 Å². The third-order valence-corrected chi connectivity index (χ3v) is 2.72. The normalized spacial score (nSPS) is 11.5. The molecule has 1 aromatic rings. The molecule has 1 atom stereocenters. The first-order valence-electron chi connectivity index (χ1n) is 5.41. The number of nitro benzene ring substituents is 1. The van der Waals surface area contributed by atoms with Crippen LogP contribution in [-0.4, -0.2) is 39.0 Å². The molecule has 1 unspecified atom stereocenters. The number of nitro groups is 1. The van der Waals surface area contributed by atoms with Crippen molar-refractivity contribution in [1.82, 2.24) is 5.32 Å². The minimum absolute atomic E-state index is 0.127. The number of carboxylic acids is 2. The molecule has 1 amide bonds. The van der Waals surface area contributed by atoms with E-state index in [-0.39, 0.29) is 10.6 Å². The number of hydrogen-bond donors (Lipinski definition) is 3. The summed E-state index contributed by atoms with van der Waals surface area (Å²) in [6.45, 7) is 0. The van der Waals surface area contributed by atoms with Crippen molar-refractivity contribution in [2.75, 3.05) is 0 Å². The number of nitrogens with zero attached hydrogens (tertiary/aromatic N) is 1. The number of carboxylic acid groups (broad SMARTS) is 2. The van der Waals surface area contributed by atoms with E-state index in [1.54, 1.807) is 0 Å². The number of carbonyl (C=O) groups excluding carboxylic acids is 1. The Balaban J connectivity index is 3.02. The Kier molecular flexibility index (Phi) is 5.19. The Bertz CT molecular complexity index is 617. The average molecular weight is 317 g/mol. The van der Waals surface area contributed by atoms with Crippen molar-refractivity contribution < 1.29 is 29.5 Å². The molecular weight excluding hydrogens is 308 g/mol. The third-order valence-electron chi connectivity index (χ3n) is 2.39. The summed E-state index contributed by atoms with van der Waals surface area (Å²) in [7, 11) is 0. The second-order valence-corrected chi connectivity index (χ2v) is 4.29. The molecule has 0 saturated heterocycles. The van der Waals surface area contributed by atoms with E-state index >= 15 is 0 Å². The molecule has 0 saturated carbocycles. The lowest BCUT2D eigenvalue weighted by Gasteiger charge is -2.12. The first kappa shape index (κ1) is 16.4. The number of non-ortho nitro benzene ring substituents is 1. The predicted molar refractivity (Wildman–Crippen MR) is 69.2 cm³/mol. The van der Waals surface area contributed by atoms with Gasteiger partial charge in [-0.25, -0.2) is 4.79 Å². The van der Waals surface area contributed by atoms with Gasteiger partial charge in [0.1, 0.15) is 6.04 Å². The molecular formula is C11H9ClN2O7. The van der Waals surface area contributed by atoms with Crippen LogP contribution in [0.4, 0.5) is 5.69 Å². The Labute approximate surface area is 122 Å². The molecule has 0 aromatic heterocycles. The van der Waals surface area contributed by atoms with Gasteiger partial charge in [0.15, 0.2) is 0 Å². The van der Waals surface area contributed by atoms with Gasteiger partial charge < -0.3 is 15.5 Å². The highest BCUT2D eigenvalue weighted by Gasteiger charge is 2.25. The molecule has 0 spiro atoms. The molecule has 10 heteroatoms. The van der Waals surface area contributed by atoms with E-state index in [9.17, 15) is 24.5 Å². The van der Waals surface area contributed by atoms with E-state index in [0.717, 1.165) is 18.2 Å². The zero-order valence-electron chi connectivity index (χ0n) is 10.3. The Morgan fingerprint density at radius 1 is 1.33 bits per heavy atom. The van der Waals surface area contributed by atoms with Crippen molar-refractivity contribution >= 4 is 35.1 Å². The van der Waals surface area contributed by atoms with Gasteiger partial charge in [0.05, 0.1) is 21.9 Å².